The number of carbonyl (C=O) groups is 1. The van der Waals surface area contributed by atoms with Gasteiger partial charge in [0.2, 0.25) is 5.91 Å². The van der Waals surface area contributed by atoms with E-state index >= 15 is 0 Å². The number of nitrogens with one attached hydrogen (secondary N) is 2. The van der Waals surface area contributed by atoms with Crippen molar-refractivity contribution in [3.05, 3.63) is 89.2 Å². The molecule has 0 radical (unpaired) electrons. The van der Waals surface area contributed by atoms with Crippen molar-refractivity contribution in [1.82, 2.24) is 4.90 Å². The topological polar surface area (TPSA) is 78.5 Å². The number of hydrogen-bond acceptors (Lipinski definition) is 4. The number of hydrogen-bond donors (Lipinski definition) is 2. The highest BCUT2D eigenvalue weighted by Crippen LogP contribution is 2.25. The van der Waals surface area contributed by atoms with Gasteiger partial charge in [-0.05, 0) is 74.5 Å². The number of piperidine rings is 1. The van der Waals surface area contributed by atoms with E-state index in [0.717, 1.165) is 0 Å². The summed E-state index contributed by atoms with van der Waals surface area (Å²) >= 11 is 6.13. The van der Waals surface area contributed by atoms with Crippen LogP contribution in [0.5, 0.6) is 0 Å². The second-order valence-electron chi connectivity index (χ2n) is 8.24. The average molecular weight is 502 g/mol. The van der Waals surface area contributed by atoms with Crippen LogP contribution in [0, 0.1) is 11.7 Å². The van der Waals surface area contributed by atoms with Crippen LogP contribution in [0.15, 0.2) is 77.7 Å². The van der Waals surface area contributed by atoms with E-state index in [0.29, 0.717) is 54.4 Å². The number of amides is 1. The maximum Gasteiger partial charge on any atom is 0.261 e. The SMILES string of the molecule is O=C(Nc1ccc(S(=O)(=O)Nc2ccccc2)cc1)C1CCN(Cc2c(F)cccc2Cl)CC1. The fraction of sp³-hybridized carbons (Fsp3) is 0.240. The van der Waals surface area contributed by atoms with Crippen molar-refractivity contribution in [2.24, 2.45) is 5.92 Å². The van der Waals surface area contributed by atoms with Gasteiger partial charge in [-0.25, -0.2) is 12.8 Å². The molecule has 4 rings (SSSR count). The van der Waals surface area contributed by atoms with Crippen LogP contribution in [0.2, 0.25) is 5.02 Å². The van der Waals surface area contributed by atoms with Crippen molar-refractivity contribution in [2.75, 3.05) is 23.1 Å². The molecule has 9 heteroatoms. The zero-order valence-corrected chi connectivity index (χ0v) is 19.9. The average Bonchev–Trinajstić information content (AvgIpc) is 2.83. The van der Waals surface area contributed by atoms with Crippen LogP contribution < -0.4 is 10.0 Å². The first-order chi connectivity index (χ1) is 16.3. The molecular formula is C25H25ClFN3O3S. The molecule has 0 atom stereocenters. The lowest BCUT2D eigenvalue weighted by Gasteiger charge is -2.31. The number of anilines is 2. The quantitative estimate of drug-likeness (QED) is 0.470. The number of halogens is 2. The van der Waals surface area contributed by atoms with Gasteiger partial charge in [0, 0.05) is 34.4 Å². The lowest BCUT2D eigenvalue weighted by Crippen LogP contribution is -2.38. The molecule has 6 nitrogen and oxygen atoms in total. The molecule has 0 aromatic heterocycles. The number of sulfonamides is 1. The Labute approximate surface area is 203 Å². The van der Waals surface area contributed by atoms with Crippen molar-refractivity contribution < 1.29 is 17.6 Å². The van der Waals surface area contributed by atoms with Crippen LogP contribution in [-0.4, -0.2) is 32.3 Å². The summed E-state index contributed by atoms with van der Waals surface area (Å²) in [6, 6.07) is 19.4. The van der Waals surface area contributed by atoms with Gasteiger partial charge < -0.3 is 5.32 Å². The standard InChI is InChI=1S/C25H25ClFN3O3S/c26-23-7-4-8-24(27)22(23)17-30-15-13-18(14-16-30)25(31)28-19-9-11-21(12-10-19)34(32,33)29-20-5-2-1-3-6-20/h1-12,18,29H,13-17H2,(H,28,31). The maximum absolute atomic E-state index is 14.0. The largest absolute Gasteiger partial charge is 0.326 e. The number of rotatable bonds is 7. The smallest absolute Gasteiger partial charge is 0.261 e. The molecule has 0 saturated carbocycles. The molecular weight excluding hydrogens is 477 g/mol. The lowest BCUT2D eigenvalue weighted by molar-refractivity contribution is -0.121. The molecule has 3 aromatic rings. The van der Waals surface area contributed by atoms with E-state index in [1.807, 2.05) is 0 Å². The van der Waals surface area contributed by atoms with Gasteiger partial charge in [-0.1, -0.05) is 35.9 Å². The molecule has 0 spiro atoms. The van der Waals surface area contributed by atoms with Crippen molar-refractivity contribution in [3.63, 3.8) is 0 Å². The van der Waals surface area contributed by atoms with E-state index in [2.05, 4.69) is 14.9 Å². The van der Waals surface area contributed by atoms with Gasteiger partial charge in [-0.2, -0.15) is 0 Å². The maximum atomic E-state index is 14.0. The second-order valence-corrected chi connectivity index (χ2v) is 10.3. The van der Waals surface area contributed by atoms with E-state index in [1.165, 1.54) is 18.2 Å². The van der Waals surface area contributed by atoms with Crippen molar-refractivity contribution in [3.8, 4) is 0 Å². The number of likely N-dealkylation sites (tertiary alicyclic amines) is 1. The fourth-order valence-corrected chi connectivity index (χ4v) is 5.22. The minimum Gasteiger partial charge on any atom is -0.326 e. The molecule has 178 valence electrons. The summed E-state index contributed by atoms with van der Waals surface area (Å²) in [5.41, 5.74) is 1.48. The van der Waals surface area contributed by atoms with E-state index in [1.54, 1.807) is 54.6 Å². The number of nitrogens with zero attached hydrogens (tertiary/aromatic N) is 1. The summed E-state index contributed by atoms with van der Waals surface area (Å²) in [6.45, 7) is 1.73. The summed E-state index contributed by atoms with van der Waals surface area (Å²) < 4.78 is 41.7. The first kappa shape index (κ1) is 24.2. The number of benzene rings is 3. The minimum absolute atomic E-state index is 0.106. The zero-order chi connectivity index (χ0) is 24.1. The van der Waals surface area contributed by atoms with Crippen LogP contribution >= 0.6 is 11.6 Å². The summed E-state index contributed by atoms with van der Waals surface area (Å²) in [4.78, 5) is 14.9. The first-order valence-electron chi connectivity index (χ1n) is 11.0. The molecule has 34 heavy (non-hydrogen) atoms. The summed E-state index contributed by atoms with van der Waals surface area (Å²) in [5.74, 6) is -0.603. The molecule has 0 aliphatic carbocycles. The zero-order valence-electron chi connectivity index (χ0n) is 18.4. The van der Waals surface area contributed by atoms with E-state index in [9.17, 15) is 17.6 Å². The van der Waals surface area contributed by atoms with Crippen LogP contribution in [0.1, 0.15) is 18.4 Å². The Morgan fingerprint density at radius 1 is 0.941 bits per heavy atom. The van der Waals surface area contributed by atoms with Crippen molar-refractivity contribution in [2.45, 2.75) is 24.3 Å². The number of carbonyl (C=O) groups excluding carboxylic acids is 1. The predicted molar refractivity (Wildman–Crippen MR) is 132 cm³/mol. The minimum atomic E-state index is -3.72. The van der Waals surface area contributed by atoms with Gasteiger partial charge in [0.25, 0.3) is 10.0 Å². The van der Waals surface area contributed by atoms with Crippen molar-refractivity contribution in [1.29, 1.82) is 0 Å². The monoisotopic (exact) mass is 501 g/mol. The molecule has 1 aliphatic rings. The second kappa shape index (κ2) is 10.5. The van der Waals surface area contributed by atoms with Gasteiger partial charge in [-0.3, -0.25) is 14.4 Å². The third-order valence-corrected chi connectivity index (χ3v) is 7.61. The van der Waals surface area contributed by atoms with Gasteiger partial charge in [-0.15, -0.1) is 0 Å². The third kappa shape index (κ3) is 5.94. The van der Waals surface area contributed by atoms with Crippen LogP contribution in [0.4, 0.5) is 15.8 Å². The molecule has 2 N–H and O–H groups in total. The molecule has 1 saturated heterocycles. The third-order valence-electron chi connectivity index (χ3n) is 5.86. The molecule has 1 aliphatic heterocycles. The van der Waals surface area contributed by atoms with Crippen molar-refractivity contribution >= 4 is 38.9 Å². The van der Waals surface area contributed by atoms with E-state index in [4.69, 9.17) is 11.6 Å². The van der Waals surface area contributed by atoms with Gasteiger partial charge in [0.05, 0.1) is 4.90 Å². The normalized spacial score (nSPS) is 15.1. The fourth-order valence-electron chi connectivity index (χ4n) is 3.94. The van der Waals surface area contributed by atoms with E-state index < -0.39 is 10.0 Å². The highest BCUT2D eigenvalue weighted by atomic mass is 35.5. The number of para-hydroxylation sites is 1. The Morgan fingerprint density at radius 3 is 2.26 bits per heavy atom. The predicted octanol–water partition coefficient (Wildman–Crippen LogP) is 5.13. The molecule has 1 heterocycles. The van der Waals surface area contributed by atoms with Crippen LogP contribution in [0.3, 0.4) is 0 Å². The molecule has 1 amide bonds. The molecule has 0 unspecified atom stereocenters. The Hall–Kier alpha value is -2.94. The van der Waals surface area contributed by atoms with Gasteiger partial charge in [0.15, 0.2) is 0 Å². The first-order valence-corrected chi connectivity index (χ1v) is 12.8. The van der Waals surface area contributed by atoms with Crippen LogP contribution in [0.25, 0.3) is 0 Å². The summed E-state index contributed by atoms with van der Waals surface area (Å²) in [5, 5.41) is 3.28. The Bertz CT molecular complexity index is 1230. The molecule has 0 bridgehead atoms. The van der Waals surface area contributed by atoms with E-state index in [-0.39, 0.29) is 22.5 Å². The lowest BCUT2D eigenvalue weighted by atomic mass is 9.95. The highest BCUT2D eigenvalue weighted by Gasteiger charge is 2.26. The highest BCUT2D eigenvalue weighted by molar-refractivity contribution is 7.92. The molecule has 1 fully saturated rings. The Kier molecular flexibility index (Phi) is 7.50. The van der Waals surface area contributed by atoms with Crippen LogP contribution in [-0.2, 0) is 21.4 Å². The summed E-state index contributed by atoms with van der Waals surface area (Å²) in [6.07, 6.45) is 1.29. The Balaban J connectivity index is 1.30. The Morgan fingerprint density at radius 2 is 1.62 bits per heavy atom. The van der Waals surface area contributed by atoms with Gasteiger partial charge in [0.1, 0.15) is 5.82 Å². The van der Waals surface area contributed by atoms with Gasteiger partial charge >= 0.3 is 0 Å². The summed E-state index contributed by atoms with van der Waals surface area (Å²) in [7, 11) is -3.72. The molecule has 3 aromatic carbocycles.